The SMILES string of the molecule is CCCCC(CC)Nc1ccccc1C(=O)OCC. The van der Waals surface area contributed by atoms with E-state index in [0.717, 1.165) is 18.5 Å². The highest BCUT2D eigenvalue weighted by Crippen LogP contribution is 2.19. The summed E-state index contributed by atoms with van der Waals surface area (Å²) in [5.41, 5.74) is 1.50. The molecule has 1 atom stereocenters. The van der Waals surface area contributed by atoms with Crippen molar-refractivity contribution in [1.29, 1.82) is 0 Å². The van der Waals surface area contributed by atoms with Gasteiger partial charge in [-0.1, -0.05) is 38.8 Å². The van der Waals surface area contributed by atoms with Gasteiger partial charge in [-0.2, -0.15) is 0 Å². The van der Waals surface area contributed by atoms with Crippen LogP contribution in [0.3, 0.4) is 0 Å². The fraction of sp³-hybridized carbons (Fsp3) is 0.562. The summed E-state index contributed by atoms with van der Waals surface area (Å²) in [6.45, 7) is 6.59. The molecule has 1 aromatic carbocycles. The second-order valence-corrected chi connectivity index (χ2v) is 4.66. The number of ether oxygens (including phenoxy) is 1. The highest BCUT2D eigenvalue weighted by Gasteiger charge is 2.14. The van der Waals surface area contributed by atoms with E-state index in [4.69, 9.17) is 4.74 Å². The van der Waals surface area contributed by atoms with Gasteiger partial charge >= 0.3 is 5.97 Å². The Morgan fingerprint density at radius 2 is 2.00 bits per heavy atom. The van der Waals surface area contributed by atoms with Crippen LogP contribution < -0.4 is 5.32 Å². The summed E-state index contributed by atoms with van der Waals surface area (Å²) in [6, 6.07) is 7.98. The summed E-state index contributed by atoms with van der Waals surface area (Å²) in [5.74, 6) is -0.254. The molecule has 0 spiro atoms. The molecule has 1 N–H and O–H groups in total. The number of rotatable bonds is 8. The normalized spacial score (nSPS) is 11.9. The molecular formula is C16H25NO2. The van der Waals surface area contributed by atoms with E-state index in [1.807, 2.05) is 31.2 Å². The van der Waals surface area contributed by atoms with E-state index in [9.17, 15) is 4.79 Å². The van der Waals surface area contributed by atoms with E-state index in [2.05, 4.69) is 19.2 Å². The smallest absolute Gasteiger partial charge is 0.340 e. The molecule has 0 heterocycles. The monoisotopic (exact) mass is 263 g/mol. The van der Waals surface area contributed by atoms with Gasteiger partial charge in [0.05, 0.1) is 12.2 Å². The second-order valence-electron chi connectivity index (χ2n) is 4.66. The third kappa shape index (κ3) is 4.93. The first kappa shape index (κ1) is 15.5. The summed E-state index contributed by atoms with van der Waals surface area (Å²) >= 11 is 0. The predicted molar refractivity (Wildman–Crippen MR) is 79.6 cm³/mol. The number of hydrogen-bond acceptors (Lipinski definition) is 3. The van der Waals surface area contributed by atoms with Gasteiger partial charge in [-0.05, 0) is 31.9 Å². The number of hydrogen-bond donors (Lipinski definition) is 1. The van der Waals surface area contributed by atoms with Gasteiger partial charge in [-0.15, -0.1) is 0 Å². The average molecular weight is 263 g/mol. The summed E-state index contributed by atoms with van der Waals surface area (Å²) in [6.07, 6.45) is 4.58. The van der Waals surface area contributed by atoms with Crippen molar-refractivity contribution in [3.05, 3.63) is 29.8 Å². The Hall–Kier alpha value is -1.51. The molecule has 0 aliphatic heterocycles. The zero-order valence-corrected chi connectivity index (χ0v) is 12.2. The molecule has 0 saturated carbocycles. The number of carbonyl (C=O) groups is 1. The Kier molecular flexibility index (Phi) is 7.01. The summed E-state index contributed by atoms with van der Waals surface area (Å²) in [7, 11) is 0. The summed E-state index contributed by atoms with van der Waals surface area (Å²) in [4.78, 5) is 11.9. The first-order valence-electron chi connectivity index (χ1n) is 7.25. The maximum atomic E-state index is 11.9. The van der Waals surface area contributed by atoms with Crippen molar-refractivity contribution in [2.45, 2.75) is 52.5 Å². The quantitative estimate of drug-likeness (QED) is 0.713. The molecule has 0 fully saturated rings. The fourth-order valence-electron chi connectivity index (χ4n) is 2.04. The number of carbonyl (C=O) groups excluding carboxylic acids is 1. The number of benzene rings is 1. The number of anilines is 1. The highest BCUT2D eigenvalue weighted by atomic mass is 16.5. The average Bonchev–Trinajstić information content (AvgIpc) is 2.44. The lowest BCUT2D eigenvalue weighted by Gasteiger charge is -2.19. The largest absolute Gasteiger partial charge is 0.462 e. The first-order chi connectivity index (χ1) is 9.22. The van der Waals surface area contributed by atoms with Gasteiger partial charge in [0.25, 0.3) is 0 Å². The number of unbranched alkanes of at least 4 members (excludes halogenated alkanes) is 1. The Labute approximate surface area is 116 Å². The highest BCUT2D eigenvalue weighted by molar-refractivity contribution is 5.95. The van der Waals surface area contributed by atoms with Crippen LogP contribution >= 0.6 is 0 Å². The third-order valence-electron chi connectivity index (χ3n) is 3.18. The maximum Gasteiger partial charge on any atom is 0.340 e. The van der Waals surface area contributed by atoms with Crippen molar-refractivity contribution < 1.29 is 9.53 Å². The molecule has 3 heteroatoms. The van der Waals surface area contributed by atoms with Crippen LogP contribution in [0, 0.1) is 0 Å². The molecule has 106 valence electrons. The van der Waals surface area contributed by atoms with E-state index in [1.165, 1.54) is 12.8 Å². The van der Waals surface area contributed by atoms with Crippen LogP contribution in [-0.2, 0) is 4.74 Å². The molecule has 1 rings (SSSR count). The van der Waals surface area contributed by atoms with E-state index < -0.39 is 0 Å². The first-order valence-corrected chi connectivity index (χ1v) is 7.25. The minimum Gasteiger partial charge on any atom is -0.462 e. The molecule has 0 aromatic heterocycles. The molecule has 0 aliphatic carbocycles. The Balaban J connectivity index is 2.78. The van der Waals surface area contributed by atoms with Gasteiger partial charge in [-0.3, -0.25) is 0 Å². The van der Waals surface area contributed by atoms with E-state index in [1.54, 1.807) is 0 Å². The Morgan fingerprint density at radius 3 is 2.63 bits per heavy atom. The third-order valence-corrected chi connectivity index (χ3v) is 3.18. The van der Waals surface area contributed by atoms with Crippen LogP contribution in [0.15, 0.2) is 24.3 Å². The van der Waals surface area contributed by atoms with Crippen molar-refractivity contribution in [2.24, 2.45) is 0 Å². The van der Waals surface area contributed by atoms with Crippen molar-refractivity contribution in [3.8, 4) is 0 Å². The van der Waals surface area contributed by atoms with Crippen molar-refractivity contribution in [2.75, 3.05) is 11.9 Å². The van der Waals surface area contributed by atoms with Crippen LogP contribution in [0.4, 0.5) is 5.69 Å². The van der Waals surface area contributed by atoms with E-state index in [-0.39, 0.29) is 5.97 Å². The van der Waals surface area contributed by atoms with Gasteiger partial charge in [0.2, 0.25) is 0 Å². The topological polar surface area (TPSA) is 38.3 Å². The lowest BCUT2D eigenvalue weighted by Crippen LogP contribution is -2.20. The molecular weight excluding hydrogens is 238 g/mol. The van der Waals surface area contributed by atoms with Crippen LogP contribution in [-0.4, -0.2) is 18.6 Å². The minimum absolute atomic E-state index is 0.254. The number of para-hydroxylation sites is 1. The molecule has 1 aromatic rings. The molecule has 0 amide bonds. The number of nitrogens with one attached hydrogen (secondary N) is 1. The fourth-order valence-corrected chi connectivity index (χ4v) is 2.04. The van der Waals surface area contributed by atoms with Gasteiger partial charge in [0.1, 0.15) is 0 Å². The predicted octanol–water partition coefficient (Wildman–Crippen LogP) is 4.24. The Morgan fingerprint density at radius 1 is 1.26 bits per heavy atom. The van der Waals surface area contributed by atoms with E-state index in [0.29, 0.717) is 18.2 Å². The number of esters is 1. The second kappa shape index (κ2) is 8.57. The zero-order valence-electron chi connectivity index (χ0n) is 12.2. The lowest BCUT2D eigenvalue weighted by molar-refractivity contribution is 0.0527. The van der Waals surface area contributed by atoms with Crippen molar-refractivity contribution >= 4 is 11.7 Å². The molecule has 3 nitrogen and oxygen atoms in total. The standard InChI is InChI=1S/C16H25NO2/c1-4-7-10-13(5-2)17-15-12-9-8-11-14(15)16(18)19-6-3/h8-9,11-13,17H,4-7,10H2,1-3H3. The van der Waals surface area contributed by atoms with Gasteiger partial charge in [0, 0.05) is 11.7 Å². The Bertz CT molecular complexity index is 390. The molecule has 0 saturated heterocycles. The van der Waals surface area contributed by atoms with Gasteiger partial charge in [0.15, 0.2) is 0 Å². The molecule has 0 aliphatic rings. The van der Waals surface area contributed by atoms with Gasteiger partial charge in [-0.25, -0.2) is 4.79 Å². The summed E-state index contributed by atoms with van der Waals surface area (Å²) < 4.78 is 5.09. The molecule has 0 bridgehead atoms. The maximum absolute atomic E-state index is 11.9. The lowest BCUT2D eigenvalue weighted by atomic mass is 10.1. The molecule has 19 heavy (non-hydrogen) atoms. The van der Waals surface area contributed by atoms with Gasteiger partial charge < -0.3 is 10.1 Å². The molecule has 0 radical (unpaired) electrons. The molecule has 1 unspecified atom stereocenters. The summed E-state index contributed by atoms with van der Waals surface area (Å²) in [5, 5.41) is 3.47. The van der Waals surface area contributed by atoms with Crippen LogP contribution in [0.25, 0.3) is 0 Å². The zero-order chi connectivity index (χ0) is 14.1. The van der Waals surface area contributed by atoms with E-state index >= 15 is 0 Å². The van der Waals surface area contributed by atoms with Crippen molar-refractivity contribution in [3.63, 3.8) is 0 Å². The minimum atomic E-state index is -0.254. The van der Waals surface area contributed by atoms with Crippen molar-refractivity contribution in [1.82, 2.24) is 0 Å². The van der Waals surface area contributed by atoms with Crippen LogP contribution in [0.2, 0.25) is 0 Å². The van der Waals surface area contributed by atoms with Crippen LogP contribution in [0.5, 0.6) is 0 Å². The van der Waals surface area contributed by atoms with Crippen LogP contribution in [0.1, 0.15) is 56.8 Å².